The molecule has 0 saturated heterocycles. The molecular weight excluding hydrogens is 304 g/mol. The Morgan fingerprint density at radius 1 is 0.826 bits per heavy atom. The Morgan fingerprint density at radius 2 is 1.48 bits per heavy atom. The van der Waals surface area contributed by atoms with Crippen LogP contribution in [0.3, 0.4) is 0 Å². The summed E-state index contributed by atoms with van der Waals surface area (Å²) in [6.45, 7) is 1.49. The summed E-state index contributed by atoms with van der Waals surface area (Å²) in [5, 5.41) is 39.4. The van der Waals surface area contributed by atoms with Crippen LogP contribution in [-0.4, -0.2) is 20.4 Å². The Kier molecular flexibility index (Phi) is 2.37. The molecule has 0 atom stereocenters. The summed E-state index contributed by atoms with van der Waals surface area (Å²) in [5.74, 6) is -1.55. The van der Waals surface area contributed by atoms with Gasteiger partial charge in [0.05, 0.1) is 5.39 Å². The van der Waals surface area contributed by atoms with E-state index < -0.39 is 11.4 Å². The molecule has 0 amide bonds. The first-order valence-electron chi connectivity index (χ1n) is 6.65. The first-order chi connectivity index (χ1) is 10.9. The first-order valence-corrected chi connectivity index (χ1v) is 6.65. The van der Waals surface area contributed by atoms with Gasteiger partial charge in [-0.3, -0.25) is 0 Å². The van der Waals surface area contributed by atoms with E-state index in [0.717, 1.165) is 0 Å². The molecule has 2 heterocycles. The van der Waals surface area contributed by atoms with Crippen molar-refractivity contribution >= 4 is 32.9 Å². The van der Waals surface area contributed by atoms with Crippen molar-refractivity contribution < 1.29 is 29.3 Å². The Balaban J connectivity index is 2.33. The fourth-order valence-electron chi connectivity index (χ4n) is 2.73. The summed E-state index contributed by atoms with van der Waals surface area (Å²) in [4.78, 5) is 12.3. The van der Waals surface area contributed by atoms with Crippen LogP contribution in [0.5, 0.6) is 23.0 Å². The third-order valence-electron chi connectivity index (χ3n) is 3.89. The molecule has 4 aromatic rings. The van der Waals surface area contributed by atoms with Crippen molar-refractivity contribution in [2.45, 2.75) is 6.92 Å². The van der Waals surface area contributed by atoms with E-state index in [1.165, 1.54) is 25.1 Å². The molecule has 0 radical (unpaired) electrons. The van der Waals surface area contributed by atoms with Gasteiger partial charge < -0.3 is 29.3 Å². The highest BCUT2D eigenvalue weighted by Gasteiger charge is 2.21. The second-order valence-electron chi connectivity index (χ2n) is 5.28. The van der Waals surface area contributed by atoms with E-state index in [2.05, 4.69) is 0 Å². The normalized spacial score (nSPS) is 11.7. The van der Waals surface area contributed by atoms with Crippen LogP contribution in [-0.2, 0) is 0 Å². The van der Waals surface area contributed by atoms with Crippen molar-refractivity contribution in [3.8, 4) is 23.0 Å². The fraction of sp³-hybridized carbons (Fsp3) is 0.0625. The van der Waals surface area contributed by atoms with E-state index in [1.807, 2.05) is 0 Å². The van der Waals surface area contributed by atoms with Gasteiger partial charge in [0, 0.05) is 17.0 Å². The molecule has 0 aliphatic heterocycles. The predicted octanol–water partition coefficient (Wildman–Crippen LogP) is 2.82. The van der Waals surface area contributed by atoms with Crippen LogP contribution in [0.2, 0.25) is 0 Å². The predicted molar refractivity (Wildman–Crippen MR) is 81.2 cm³/mol. The molecule has 4 N–H and O–H groups in total. The number of aromatic hydroxyl groups is 4. The number of hydrogen-bond donors (Lipinski definition) is 4. The highest BCUT2D eigenvalue weighted by Crippen LogP contribution is 2.41. The molecule has 4 rings (SSSR count). The zero-order valence-electron chi connectivity index (χ0n) is 11.7. The third-order valence-corrected chi connectivity index (χ3v) is 3.89. The zero-order chi connectivity index (χ0) is 16.5. The van der Waals surface area contributed by atoms with E-state index in [0.29, 0.717) is 5.39 Å². The van der Waals surface area contributed by atoms with Gasteiger partial charge in [-0.05, 0) is 19.1 Å². The van der Waals surface area contributed by atoms with Crippen molar-refractivity contribution in [3.63, 3.8) is 0 Å². The minimum Gasteiger partial charge on any atom is -0.504 e. The zero-order valence-corrected chi connectivity index (χ0v) is 11.7. The summed E-state index contributed by atoms with van der Waals surface area (Å²) in [6, 6.07) is 3.61. The van der Waals surface area contributed by atoms with E-state index in [4.69, 9.17) is 8.83 Å². The third kappa shape index (κ3) is 1.61. The van der Waals surface area contributed by atoms with Crippen LogP contribution in [0, 0.1) is 6.92 Å². The number of phenolic OH excluding ortho intramolecular Hbond substituents is 4. The standard InChI is InChI=1S/C16H10O7/c1-5-13(20)10(19)3-7-14(5)23-16(21)12-6-2-8(17)9(18)4-11(6)22-15(7)12/h2-4,17-20H,1H3. The lowest BCUT2D eigenvalue weighted by atomic mass is 10.1. The van der Waals surface area contributed by atoms with Gasteiger partial charge in [0.25, 0.3) is 0 Å². The molecule has 0 aliphatic carbocycles. The Bertz CT molecular complexity index is 1180. The fourth-order valence-corrected chi connectivity index (χ4v) is 2.73. The van der Waals surface area contributed by atoms with Crippen LogP contribution in [0.15, 0.2) is 31.8 Å². The monoisotopic (exact) mass is 314 g/mol. The van der Waals surface area contributed by atoms with Gasteiger partial charge in [0.1, 0.15) is 16.6 Å². The molecular formula is C16H10O7. The molecule has 2 aromatic carbocycles. The summed E-state index contributed by atoms with van der Waals surface area (Å²) < 4.78 is 10.9. The smallest absolute Gasteiger partial charge is 0.348 e. The lowest BCUT2D eigenvalue weighted by Crippen LogP contribution is -1.99. The van der Waals surface area contributed by atoms with Gasteiger partial charge in [-0.15, -0.1) is 0 Å². The molecule has 0 spiro atoms. The summed E-state index contributed by atoms with van der Waals surface area (Å²) in [7, 11) is 0. The molecule has 0 bridgehead atoms. The van der Waals surface area contributed by atoms with Gasteiger partial charge in [-0.1, -0.05) is 0 Å². The van der Waals surface area contributed by atoms with E-state index in [1.54, 1.807) is 0 Å². The lowest BCUT2D eigenvalue weighted by Gasteiger charge is -2.05. The van der Waals surface area contributed by atoms with Crippen molar-refractivity contribution in [2.24, 2.45) is 0 Å². The Hall–Kier alpha value is -3.35. The van der Waals surface area contributed by atoms with Gasteiger partial charge in [-0.2, -0.15) is 0 Å². The SMILES string of the molecule is Cc1c(O)c(O)cc2c1oc(=O)c1c3cc(O)c(O)cc3oc21. The number of phenols is 4. The Labute approximate surface area is 127 Å². The largest absolute Gasteiger partial charge is 0.504 e. The van der Waals surface area contributed by atoms with Crippen LogP contribution in [0.4, 0.5) is 0 Å². The van der Waals surface area contributed by atoms with E-state index in [-0.39, 0.29) is 50.3 Å². The number of furan rings is 1. The number of fused-ring (bicyclic) bond motifs is 5. The van der Waals surface area contributed by atoms with Crippen molar-refractivity contribution in [1.29, 1.82) is 0 Å². The van der Waals surface area contributed by atoms with Crippen LogP contribution in [0.25, 0.3) is 32.9 Å². The molecule has 0 unspecified atom stereocenters. The second kappa shape index (κ2) is 4.10. The van der Waals surface area contributed by atoms with Crippen LogP contribution in [0.1, 0.15) is 5.56 Å². The first kappa shape index (κ1) is 13.3. The molecule has 0 saturated carbocycles. The Morgan fingerprint density at radius 3 is 2.22 bits per heavy atom. The summed E-state index contributed by atoms with van der Waals surface area (Å²) in [5.41, 5.74) is -0.116. The minimum absolute atomic E-state index is 0.0762. The van der Waals surface area contributed by atoms with Gasteiger partial charge >= 0.3 is 5.63 Å². The molecule has 2 aromatic heterocycles. The van der Waals surface area contributed by atoms with E-state index >= 15 is 0 Å². The molecule has 7 nitrogen and oxygen atoms in total. The molecule has 23 heavy (non-hydrogen) atoms. The van der Waals surface area contributed by atoms with Gasteiger partial charge in [0.2, 0.25) is 0 Å². The van der Waals surface area contributed by atoms with Crippen LogP contribution >= 0.6 is 0 Å². The van der Waals surface area contributed by atoms with Crippen molar-refractivity contribution in [3.05, 3.63) is 34.2 Å². The van der Waals surface area contributed by atoms with Crippen molar-refractivity contribution in [2.75, 3.05) is 0 Å². The molecule has 7 heteroatoms. The number of rotatable bonds is 0. The summed E-state index contributed by atoms with van der Waals surface area (Å²) in [6.07, 6.45) is 0. The number of hydrogen-bond acceptors (Lipinski definition) is 7. The lowest BCUT2D eigenvalue weighted by molar-refractivity contribution is 0.400. The van der Waals surface area contributed by atoms with Gasteiger partial charge in [0.15, 0.2) is 28.6 Å². The maximum Gasteiger partial charge on any atom is 0.348 e. The average molecular weight is 314 g/mol. The topological polar surface area (TPSA) is 124 Å². The molecule has 0 aliphatic rings. The summed E-state index contributed by atoms with van der Waals surface area (Å²) >= 11 is 0. The van der Waals surface area contributed by atoms with E-state index in [9.17, 15) is 25.2 Å². The average Bonchev–Trinajstić information content (AvgIpc) is 2.86. The van der Waals surface area contributed by atoms with Crippen molar-refractivity contribution in [1.82, 2.24) is 0 Å². The highest BCUT2D eigenvalue weighted by atomic mass is 16.4. The maximum absolute atomic E-state index is 12.3. The highest BCUT2D eigenvalue weighted by molar-refractivity contribution is 6.14. The van der Waals surface area contributed by atoms with Crippen LogP contribution < -0.4 is 5.63 Å². The molecule has 116 valence electrons. The van der Waals surface area contributed by atoms with Gasteiger partial charge in [-0.25, -0.2) is 4.79 Å². The maximum atomic E-state index is 12.3. The minimum atomic E-state index is -0.718. The number of aryl methyl sites for hydroxylation is 1. The quantitative estimate of drug-likeness (QED) is 0.290. The second-order valence-corrected chi connectivity index (χ2v) is 5.28. The number of benzene rings is 2. The molecule has 0 fully saturated rings.